The Balaban J connectivity index is 1.97. The first-order chi connectivity index (χ1) is 11.8. The number of carboxylic acid groups (broad SMARTS) is 1. The van der Waals surface area contributed by atoms with Crippen LogP contribution in [0, 0.1) is 0 Å². The van der Waals surface area contributed by atoms with Crippen LogP contribution in [0.1, 0.15) is 11.1 Å². The zero-order valence-corrected chi connectivity index (χ0v) is 13.3. The third-order valence-electron chi connectivity index (χ3n) is 3.59. The summed E-state index contributed by atoms with van der Waals surface area (Å²) in [5.74, 6) is -1.94. The van der Waals surface area contributed by atoms with E-state index in [1.807, 2.05) is 0 Å². The molecule has 2 unspecified atom stereocenters. The lowest BCUT2D eigenvalue weighted by atomic mass is 10.1. The van der Waals surface area contributed by atoms with Gasteiger partial charge in [-0.25, -0.2) is 4.79 Å². The molecule has 0 aliphatic heterocycles. The van der Waals surface area contributed by atoms with Crippen molar-refractivity contribution in [2.45, 2.75) is 25.0 Å². The van der Waals surface area contributed by atoms with Gasteiger partial charge in [-0.3, -0.25) is 4.79 Å². The Morgan fingerprint density at radius 1 is 0.880 bits per heavy atom. The van der Waals surface area contributed by atoms with Gasteiger partial charge in [0.25, 0.3) is 0 Å². The maximum Gasteiger partial charge on any atom is 0.345 e. The molecule has 2 rings (SSSR count). The number of esters is 1. The van der Waals surface area contributed by atoms with Gasteiger partial charge in [-0.05, 0) is 41.8 Å². The third kappa shape index (κ3) is 5.50. The maximum atomic E-state index is 12.1. The predicted octanol–water partition coefficient (Wildman–Crippen LogP) is 1.21. The number of nitrogens with two attached hydrogens (primary N) is 1. The number of phenolic OH excluding ortho intramolecular Hbond substituents is 2. The predicted molar refractivity (Wildman–Crippen MR) is 89.1 cm³/mol. The molecule has 7 nitrogen and oxygen atoms in total. The van der Waals surface area contributed by atoms with Crippen LogP contribution < -0.4 is 5.73 Å². The summed E-state index contributed by atoms with van der Waals surface area (Å²) < 4.78 is 5.03. The van der Waals surface area contributed by atoms with Gasteiger partial charge < -0.3 is 25.8 Å². The number of aliphatic carboxylic acids is 1. The van der Waals surface area contributed by atoms with E-state index in [4.69, 9.17) is 10.5 Å². The molecule has 0 fully saturated rings. The average molecular weight is 345 g/mol. The first-order valence-corrected chi connectivity index (χ1v) is 7.60. The van der Waals surface area contributed by atoms with Crippen molar-refractivity contribution in [1.82, 2.24) is 0 Å². The van der Waals surface area contributed by atoms with Gasteiger partial charge in [0.05, 0.1) is 0 Å². The summed E-state index contributed by atoms with van der Waals surface area (Å²) in [7, 11) is 0. The van der Waals surface area contributed by atoms with Crippen LogP contribution in [0.15, 0.2) is 48.5 Å². The fourth-order valence-electron chi connectivity index (χ4n) is 2.22. The molecule has 0 saturated heterocycles. The van der Waals surface area contributed by atoms with Crippen LogP contribution in [0.25, 0.3) is 0 Å². The molecule has 2 aromatic rings. The number of hydrogen-bond acceptors (Lipinski definition) is 6. The highest BCUT2D eigenvalue weighted by atomic mass is 16.6. The van der Waals surface area contributed by atoms with E-state index in [0.717, 1.165) is 0 Å². The second-order valence-electron chi connectivity index (χ2n) is 5.61. The van der Waals surface area contributed by atoms with Crippen molar-refractivity contribution in [3.05, 3.63) is 59.7 Å². The molecule has 132 valence electrons. The lowest BCUT2D eigenvalue weighted by molar-refractivity contribution is -0.164. The van der Waals surface area contributed by atoms with E-state index in [1.54, 1.807) is 24.3 Å². The number of rotatable bonds is 7. The van der Waals surface area contributed by atoms with Gasteiger partial charge in [0.15, 0.2) is 0 Å². The summed E-state index contributed by atoms with van der Waals surface area (Å²) in [5, 5.41) is 27.7. The van der Waals surface area contributed by atoms with Crippen molar-refractivity contribution in [2.75, 3.05) is 0 Å². The fourth-order valence-corrected chi connectivity index (χ4v) is 2.22. The van der Waals surface area contributed by atoms with E-state index in [-0.39, 0.29) is 24.3 Å². The van der Waals surface area contributed by atoms with E-state index >= 15 is 0 Å². The van der Waals surface area contributed by atoms with Crippen molar-refractivity contribution >= 4 is 11.9 Å². The Morgan fingerprint density at radius 2 is 1.32 bits per heavy atom. The van der Waals surface area contributed by atoms with Crippen molar-refractivity contribution in [3.8, 4) is 11.5 Å². The van der Waals surface area contributed by atoms with Gasteiger partial charge in [-0.1, -0.05) is 24.3 Å². The van der Waals surface area contributed by atoms with Crippen LogP contribution >= 0.6 is 0 Å². The molecule has 0 aromatic heterocycles. The van der Waals surface area contributed by atoms with Gasteiger partial charge in [-0.2, -0.15) is 0 Å². The highest BCUT2D eigenvalue weighted by molar-refractivity contribution is 5.81. The first kappa shape index (κ1) is 18.3. The lowest BCUT2D eigenvalue weighted by Gasteiger charge is -2.17. The van der Waals surface area contributed by atoms with Crippen molar-refractivity contribution in [1.29, 1.82) is 0 Å². The monoisotopic (exact) mass is 345 g/mol. The Kier molecular flexibility index (Phi) is 5.97. The number of carbonyl (C=O) groups is 2. The summed E-state index contributed by atoms with van der Waals surface area (Å²) in [6.45, 7) is 0. The van der Waals surface area contributed by atoms with E-state index in [9.17, 15) is 24.9 Å². The number of phenols is 2. The van der Waals surface area contributed by atoms with Gasteiger partial charge in [0.1, 0.15) is 17.5 Å². The molecule has 2 atom stereocenters. The summed E-state index contributed by atoms with van der Waals surface area (Å²) in [5.41, 5.74) is 7.10. The molecular formula is C18H19NO6. The molecule has 25 heavy (non-hydrogen) atoms. The molecule has 0 aliphatic rings. The molecule has 0 heterocycles. The highest BCUT2D eigenvalue weighted by Gasteiger charge is 2.26. The standard InChI is InChI=1S/C18H19NO6/c19-15(9-11-1-5-13(20)6-2-11)18(24)25-16(17(22)23)10-12-3-7-14(21)8-4-12/h1-8,15-16,20-21H,9-10,19H2,(H,22,23). The average Bonchev–Trinajstić information content (AvgIpc) is 2.58. The summed E-state index contributed by atoms with van der Waals surface area (Å²) in [6.07, 6.45) is -1.25. The largest absolute Gasteiger partial charge is 0.508 e. The number of carboxylic acids is 1. The molecule has 5 N–H and O–H groups in total. The minimum atomic E-state index is -1.37. The number of aromatic hydroxyl groups is 2. The van der Waals surface area contributed by atoms with Crippen LogP contribution in [-0.4, -0.2) is 39.4 Å². The minimum Gasteiger partial charge on any atom is -0.508 e. The Morgan fingerprint density at radius 3 is 1.76 bits per heavy atom. The smallest absolute Gasteiger partial charge is 0.345 e. The maximum absolute atomic E-state index is 12.1. The molecule has 0 aliphatic carbocycles. The summed E-state index contributed by atoms with van der Waals surface area (Å²) in [4.78, 5) is 23.4. The zero-order chi connectivity index (χ0) is 18.4. The SMILES string of the molecule is NC(Cc1ccc(O)cc1)C(=O)OC(Cc1ccc(O)cc1)C(=O)O. The van der Waals surface area contributed by atoms with E-state index in [2.05, 4.69) is 0 Å². The number of benzene rings is 2. The second-order valence-corrected chi connectivity index (χ2v) is 5.61. The van der Waals surface area contributed by atoms with Crippen LogP contribution in [0.2, 0.25) is 0 Å². The van der Waals surface area contributed by atoms with Crippen molar-refractivity contribution < 1.29 is 29.6 Å². The van der Waals surface area contributed by atoms with Crippen LogP contribution in [0.3, 0.4) is 0 Å². The number of ether oxygens (including phenoxy) is 1. The minimum absolute atomic E-state index is 0.0344. The number of carbonyl (C=O) groups excluding carboxylic acids is 1. The molecule has 0 radical (unpaired) electrons. The quantitative estimate of drug-likeness (QED) is 0.555. The first-order valence-electron chi connectivity index (χ1n) is 7.60. The lowest BCUT2D eigenvalue weighted by Crippen LogP contribution is -2.39. The third-order valence-corrected chi connectivity index (χ3v) is 3.59. The van der Waals surface area contributed by atoms with Gasteiger partial charge in [-0.15, -0.1) is 0 Å². The van der Waals surface area contributed by atoms with Crippen molar-refractivity contribution in [2.24, 2.45) is 5.73 Å². The van der Waals surface area contributed by atoms with Gasteiger partial charge in [0, 0.05) is 6.42 Å². The summed E-state index contributed by atoms with van der Waals surface area (Å²) in [6, 6.07) is 11.1. The zero-order valence-electron chi connectivity index (χ0n) is 13.3. The number of hydrogen-bond donors (Lipinski definition) is 4. The molecule has 0 spiro atoms. The Hall–Kier alpha value is -3.06. The summed E-state index contributed by atoms with van der Waals surface area (Å²) >= 11 is 0. The molecule has 7 heteroatoms. The van der Waals surface area contributed by atoms with Crippen LogP contribution in [0.5, 0.6) is 11.5 Å². The van der Waals surface area contributed by atoms with Crippen LogP contribution in [-0.2, 0) is 27.2 Å². The van der Waals surface area contributed by atoms with E-state index < -0.39 is 24.1 Å². The molecule has 0 saturated carbocycles. The van der Waals surface area contributed by atoms with E-state index in [1.165, 1.54) is 24.3 Å². The van der Waals surface area contributed by atoms with Crippen LogP contribution in [0.4, 0.5) is 0 Å². The van der Waals surface area contributed by atoms with E-state index in [0.29, 0.717) is 11.1 Å². The Labute approximate surface area is 144 Å². The molecular weight excluding hydrogens is 326 g/mol. The second kappa shape index (κ2) is 8.16. The molecule has 0 amide bonds. The Bertz CT molecular complexity index is 726. The molecule has 0 bridgehead atoms. The molecule has 2 aromatic carbocycles. The van der Waals surface area contributed by atoms with Gasteiger partial charge >= 0.3 is 11.9 Å². The topological polar surface area (TPSA) is 130 Å². The van der Waals surface area contributed by atoms with Crippen molar-refractivity contribution in [3.63, 3.8) is 0 Å². The van der Waals surface area contributed by atoms with Gasteiger partial charge in [0.2, 0.25) is 6.10 Å². The highest BCUT2D eigenvalue weighted by Crippen LogP contribution is 2.14. The normalized spacial score (nSPS) is 13.0. The fraction of sp³-hybridized carbons (Fsp3) is 0.222.